The lowest BCUT2D eigenvalue weighted by Crippen LogP contribution is -2.30. The fourth-order valence-electron chi connectivity index (χ4n) is 2.53. The van der Waals surface area contributed by atoms with E-state index in [4.69, 9.17) is 11.6 Å². The molecule has 0 bridgehead atoms. The molecule has 114 valence electrons. The van der Waals surface area contributed by atoms with Gasteiger partial charge in [0, 0.05) is 15.5 Å². The third-order valence-corrected chi connectivity index (χ3v) is 5.86. The Balaban J connectivity index is 1.84. The minimum atomic E-state index is -0.104. The monoisotopic (exact) mass is 349 g/mol. The summed E-state index contributed by atoms with van der Waals surface area (Å²) in [7, 11) is 0. The topological polar surface area (TPSA) is 29.1 Å². The Labute approximate surface area is 144 Å². The van der Waals surface area contributed by atoms with Gasteiger partial charge in [-0.15, -0.1) is 23.5 Å². The van der Waals surface area contributed by atoms with Crippen LogP contribution in [0.4, 0.5) is 0 Å². The van der Waals surface area contributed by atoms with E-state index < -0.39 is 0 Å². The molecule has 2 aromatic carbocycles. The summed E-state index contributed by atoms with van der Waals surface area (Å²) in [6.07, 6.45) is 2.92. The second-order valence-electron chi connectivity index (χ2n) is 5.05. The molecule has 1 atom stereocenters. The third kappa shape index (κ3) is 3.29. The van der Waals surface area contributed by atoms with Crippen LogP contribution in [0.2, 0.25) is 5.02 Å². The normalized spacial score (nSPS) is 16.9. The molecule has 1 N–H and O–H groups in total. The van der Waals surface area contributed by atoms with Crippen molar-refractivity contribution in [2.45, 2.75) is 22.3 Å². The van der Waals surface area contributed by atoms with Crippen LogP contribution in [0.15, 0.2) is 52.3 Å². The number of halogens is 1. The van der Waals surface area contributed by atoms with E-state index >= 15 is 0 Å². The van der Waals surface area contributed by atoms with Crippen LogP contribution in [0.5, 0.6) is 0 Å². The van der Waals surface area contributed by atoms with Crippen LogP contribution in [0.1, 0.15) is 28.4 Å². The summed E-state index contributed by atoms with van der Waals surface area (Å²) in [5, 5.41) is 3.63. The smallest absolute Gasteiger partial charge is 0.253 e. The molecule has 1 amide bonds. The van der Waals surface area contributed by atoms with Crippen LogP contribution in [0, 0.1) is 0 Å². The first kappa shape index (κ1) is 15.8. The lowest BCUT2D eigenvalue weighted by Gasteiger charge is -2.26. The lowest BCUT2D eigenvalue weighted by atomic mass is 10.0. The second kappa shape index (κ2) is 6.99. The minimum absolute atomic E-state index is 0.0546. The summed E-state index contributed by atoms with van der Waals surface area (Å²) < 4.78 is 0. The summed E-state index contributed by atoms with van der Waals surface area (Å²) in [5.74, 6) is 0.910. The summed E-state index contributed by atoms with van der Waals surface area (Å²) in [6, 6.07) is 13.9. The molecule has 0 fully saturated rings. The van der Waals surface area contributed by atoms with E-state index in [-0.39, 0.29) is 11.9 Å². The van der Waals surface area contributed by atoms with Gasteiger partial charge in [0.1, 0.15) is 0 Å². The van der Waals surface area contributed by atoms with E-state index in [1.54, 1.807) is 17.8 Å². The fourth-order valence-corrected chi connectivity index (χ4v) is 4.30. The molecule has 0 aliphatic carbocycles. The van der Waals surface area contributed by atoms with E-state index in [0.29, 0.717) is 10.6 Å². The Morgan fingerprint density at radius 3 is 2.95 bits per heavy atom. The van der Waals surface area contributed by atoms with E-state index in [0.717, 1.165) is 17.1 Å². The van der Waals surface area contributed by atoms with Crippen LogP contribution >= 0.6 is 35.1 Å². The number of rotatable bonds is 3. The molecule has 1 aliphatic rings. The quantitative estimate of drug-likeness (QED) is 0.788. The van der Waals surface area contributed by atoms with Gasteiger partial charge in [0.15, 0.2) is 0 Å². The van der Waals surface area contributed by atoms with Gasteiger partial charge in [0.2, 0.25) is 0 Å². The Morgan fingerprint density at radius 2 is 2.14 bits per heavy atom. The highest BCUT2D eigenvalue weighted by Crippen LogP contribution is 2.36. The van der Waals surface area contributed by atoms with Crippen molar-refractivity contribution < 1.29 is 4.79 Å². The summed E-state index contributed by atoms with van der Waals surface area (Å²) in [6.45, 7) is 0. The number of amides is 1. The number of benzene rings is 2. The number of nitrogens with one attached hydrogen (secondary N) is 1. The van der Waals surface area contributed by atoms with Crippen molar-refractivity contribution in [2.75, 3.05) is 12.0 Å². The van der Waals surface area contributed by atoms with Crippen molar-refractivity contribution >= 4 is 41.0 Å². The summed E-state index contributed by atoms with van der Waals surface area (Å²) in [5.41, 5.74) is 1.74. The van der Waals surface area contributed by atoms with E-state index in [9.17, 15) is 4.79 Å². The molecular weight excluding hydrogens is 334 g/mol. The van der Waals surface area contributed by atoms with Crippen molar-refractivity contribution in [3.8, 4) is 0 Å². The fraction of sp³-hybridized carbons (Fsp3) is 0.235. The maximum absolute atomic E-state index is 12.6. The third-order valence-electron chi connectivity index (χ3n) is 3.68. The SMILES string of the molecule is CSc1ccc(Cl)c(C(=O)N[C@@H]2CCSc3ccccc32)c1. The lowest BCUT2D eigenvalue weighted by molar-refractivity contribution is 0.0935. The molecule has 0 saturated carbocycles. The molecule has 1 heterocycles. The molecule has 2 nitrogen and oxygen atoms in total. The Hall–Kier alpha value is -1.10. The minimum Gasteiger partial charge on any atom is -0.345 e. The summed E-state index contributed by atoms with van der Waals surface area (Å²) in [4.78, 5) is 14.9. The maximum atomic E-state index is 12.6. The first-order valence-corrected chi connectivity index (χ1v) is 9.64. The largest absolute Gasteiger partial charge is 0.345 e. The Kier molecular flexibility index (Phi) is 5.01. The van der Waals surface area contributed by atoms with Crippen molar-refractivity contribution in [3.05, 3.63) is 58.6 Å². The zero-order chi connectivity index (χ0) is 15.5. The molecular formula is C17H16ClNOS2. The first-order valence-electron chi connectivity index (χ1n) is 7.05. The molecule has 3 rings (SSSR count). The highest BCUT2D eigenvalue weighted by Gasteiger charge is 2.23. The molecule has 5 heteroatoms. The van der Waals surface area contributed by atoms with Gasteiger partial charge >= 0.3 is 0 Å². The zero-order valence-corrected chi connectivity index (χ0v) is 14.5. The number of carbonyl (C=O) groups excluding carboxylic acids is 1. The van der Waals surface area contributed by atoms with E-state index in [1.807, 2.05) is 42.3 Å². The highest BCUT2D eigenvalue weighted by molar-refractivity contribution is 7.99. The number of carbonyl (C=O) groups is 1. The van der Waals surface area contributed by atoms with Crippen molar-refractivity contribution in [1.82, 2.24) is 5.32 Å². The van der Waals surface area contributed by atoms with Gasteiger partial charge in [-0.25, -0.2) is 0 Å². The average molecular weight is 350 g/mol. The first-order chi connectivity index (χ1) is 10.7. The molecule has 0 radical (unpaired) electrons. The van der Waals surface area contributed by atoms with Crippen LogP contribution in [0.25, 0.3) is 0 Å². The van der Waals surface area contributed by atoms with Crippen LogP contribution in [-0.4, -0.2) is 17.9 Å². The van der Waals surface area contributed by atoms with Gasteiger partial charge in [-0.3, -0.25) is 4.79 Å². The van der Waals surface area contributed by atoms with Gasteiger partial charge in [0.05, 0.1) is 16.6 Å². The van der Waals surface area contributed by atoms with Crippen molar-refractivity contribution in [3.63, 3.8) is 0 Å². The van der Waals surface area contributed by atoms with Crippen molar-refractivity contribution in [2.24, 2.45) is 0 Å². The summed E-state index contributed by atoms with van der Waals surface area (Å²) >= 11 is 9.64. The number of hydrogen-bond acceptors (Lipinski definition) is 3. The molecule has 0 aromatic heterocycles. The molecule has 0 unspecified atom stereocenters. The van der Waals surface area contributed by atoms with Crippen LogP contribution in [-0.2, 0) is 0 Å². The number of thioether (sulfide) groups is 2. The predicted octanol–water partition coefficient (Wildman–Crippen LogP) is 5.03. The van der Waals surface area contributed by atoms with Gasteiger partial charge in [-0.05, 0) is 42.5 Å². The van der Waals surface area contributed by atoms with Gasteiger partial charge in [0.25, 0.3) is 5.91 Å². The van der Waals surface area contributed by atoms with E-state index in [2.05, 4.69) is 17.4 Å². The molecule has 2 aromatic rings. The second-order valence-corrected chi connectivity index (χ2v) is 7.47. The van der Waals surface area contributed by atoms with Gasteiger partial charge in [-0.1, -0.05) is 29.8 Å². The van der Waals surface area contributed by atoms with Crippen molar-refractivity contribution in [1.29, 1.82) is 0 Å². The average Bonchev–Trinajstić information content (AvgIpc) is 2.55. The Bertz CT molecular complexity index is 705. The highest BCUT2D eigenvalue weighted by atomic mass is 35.5. The zero-order valence-electron chi connectivity index (χ0n) is 12.1. The maximum Gasteiger partial charge on any atom is 0.253 e. The molecule has 22 heavy (non-hydrogen) atoms. The number of hydrogen-bond donors (Lipinski definition) is 1. The predicted molar refractivity (Wildman–Crippen MR) is 95.2 cm³/mol. The van der Waals surface area contributed by atoms with Gasteiger partial charge in [-0.2, -0.15) is 0 Å². The van der Waals surface area contributed by atoms with Crippen LogP contribution in [0.3, 0.4) is 0 Å². The van der Waals surface area contributed by atoms with Crippen LogP contribution < -0.4 is 5.32 Å². The van der Waals surface area contributed by atoms with E-state index in [1.165, 1.54) is 10.5 Å². The molecule has 1 aliphatic heterocycles. The standard InChI is InChI=1S/C17H16ClNOS2/c1-21-11-6-7-14(18)13(10-11)17(20)19-15-8-9-22-16-5-3-2-4-12(15)16/h2-7,10,15H,8-9H2,1H3,(H,19,20)/t15-/m1/s1. The Morgan fingerprint density at radius 1 is 1.32 bits per heavy atom. The molecule has 0 spiro atoms. The number of fused-ring (bicyclic) bond motifs is 1. The molecule has 0 saturated heterocycles. The van der Waals surface area contributed by atoms with Gasteiger partial charge < -0.3 is 5.32 Å².